The maximum atomic E-state index is 13.7. The Morgan fingerprint density at radius 1 is 0.978 bits per heavy atom. The summed E-state index contributed by atoms with van der Waals surface area (Å²) in [6, 6.07) is 9.35. The van der Waals surface area contributed by atoms with E-state index in [0.29, 0.717) is 89.9 Å². The SMILES string of the molecule is NCCOCCOCCC(=O)N1CCN(CC[C@H](NC(=O)C2(N)CCN(c3ncnc4[nH]ccc34)CC2)c2ccc(Cl)cc2)CC1. The van der Waals surface area contributed by atoms with Crippen LogP contribution in [-0.2, 0) is 19.1 Å². The summed E-state index contributed by atoms with van der Waals surface area (Å²) in [5, 5.41) is 4.88. The first kappa shape index (κ1) is 34.0. The molecular formula is C32H46ClN9O4. The second kappa shape index (κ2) is 16.5. The summed E-state index contributed by atoms with van der Waals surface area (Å²) < 4.78 is 10.8. The Hall–Kier alpha value is -3.33. The van der Waals surface area contributed by atoms with Gasteiger partial charge in [0.1, 0.15) is 17.8 Å². The largest absolute Gasteiger partial charge is 0.379 e. The molecule has 0 aliphatic carbocycles. The van der Waals surface area contributed by atoms with Crippen LogP contribution in [0.5, 0.6) is 0 Å². The first-order chi connectivity index (χ1) is 22.4. The first-order valence-electron chi connectivity index (χ1n) is 16.1. The number of carbonyl (C=O) groups excluding carboxylic acids is 2. The van der Waals surface area contributed by atoms with Gasteiger partial charge in [-0.25, -0.2) is 9.97 Å². The van der Waals surface area contributed by atoms with E-state index in [9.17, 15) is 9.59 Å². The molecule has 250 valence electrons. The molecule has 2 amide bonds. The van der Waals surface area contributed by atoms with Crippen LogP contribution < -0.4 is 21.7 Å². The number of anilines is 1. The molecule has 2 aliphatic rings. The van der Waals surface area contributed by atoms with Crippen LogP contribution >= 0.6 is 11.6 Å². The highest BCUT2D eigenvalue weighted by atomic mass is 35.5. The van der Waals surface area contributed by atoms with Crippen LogP contribution in [-0.4, -0.2) is 121 Å². The average molecular weight is 656 g/mol. The van der Waals surface area contributed by atoms with E-state index in [4.69, 9.17) is 32.5 Å². The summed E-state index contributed by atoms with van der Waals surface area (Å²) >= 11 is 6.18. The molecule has 1 aromatic carbocycles. The highest BCUT2D eigenvalue weighted by molar-refractivity contribution is 6.30. The van der Waals surface area contributed by atoms with E-state index < -0.39 is 5.54 Å². The second-order valence-electron chi connectivity index (χ2n) is 11.9. The molecule has 4 heterocycles. The standard InChI is InChI=1S/C32H46ClN9O4/c33-25-3-1-24(2-4-25)27(6-12-40-15-17-41(18-16-40)28(43)7-19-45-21-22-46-20-10-34)39-31(44)32(35)8-13-42(14-9-32)30-26-5-11-36-29(26)37-23-38-30/h1-5,11,23,27H,6-10,12-22,34-35H2,(H,39,44)(H,36,37,38)/t27-/m0/s1. The smallest absolute Gasteiger partial charge is 0.240 e. The van der Waals surface area contributed by atoms with Gasteiger partial charge in [0, 0.05) is 63.6 Å². The van der Waals surface area contributed by atoms with Gasteiger partial charge in [0.25, 0.3) is 0 Å². The van der Waals surface area contributed by atoms with E-state index in [1.807, 2.05) is 41.4 Å². The maximum Gasteiger partial charge on any atom is 0.240 e. The van der Waals surface area contributed by atoms with E-state index >= 15 is 0 Å². The van der Waals surface area contributed by atoms with Crippen LogP contribution in [0.15, 0.2) is 42.9 Å². The number of piperidine rings is 1. The van der Waals surface area contributed by atoms with E-state index in [1.165, 1.54) is 0 Å². The minimum Gasteiger partial charge on any atom is -0.379 e. The lowest BCUT2D eigenvalue weighted by Gasteiger charge is -2.39. The molecule has 13 nitrogen and oxygen atoms in total. The third-order valence-corrected chi connectivity index (χ3v) is 9.12. The van der Waals surface area contributed by atoms with Crippen molar-refractivity contribution in [3.63, 3.8) is 0 Å². The number of H-pyrrole nitrogens is 1. The van der Waals surface area contributed by atoms with Crippen molar-refractivity contribution in [3.05, 3.63) is 53.4 Å². The van der Waals surface area contributed by atoms with E-state index in [2.05, 4.69) is 30.1 Å². The van der Waals surface area contributed by atoms with Gasteiger partial charge < -0.3 is 41.0 Å². The van der Waals surface area contributed by atoms with Gasteiger partial charge >= 0.3 is 0 Å². The number of nitrogens with one attached hydrogen (secondary N) is 2. The number of aromatic nitrogens is 3. The van der Waals surface area contributed by atoms with E-state index in [-0.39, 0.29) is 17.9 Å². The number of rotatable bonds is 15. The molecular weight excluding hydrogens is 610 g/mol. The minimum absolute atomic E-state index is 0.102. The number of aromatic amines is 1. The number of nitrogens with zero attached hydrogens (tertiary/aromatic N) is 5. The van der Waals surface area contributed by atoms with Gasteiger partial charge in [0.05, 0.1) is 49.8 Å². The van der Waals surface area contributed by atoms with Crippen molar-refractivity contribution in [2.24, 2.45) is 11.5 Å². The molecule has 3 aromatic rings. The van der Waals surface area contributed by atoms with Crippen LogP contribution in [0.1, 0.15) is 37.3 Å². The zero-order valence-corrected chi connectivity index (χ0v) is 27.1. The molecule has 2 saturated heterocycles. The number of piperazine rings is 1. The lowest BCUT2D eigenvalue weighted by atomic mass is 9.87. The van der Waals surface area contributed by atoms with Crippen molar-refractivity contribution in [1.82, 2.24) is 30.1 Å². The molecule has 2 aromatic heterocycles. The molecule has 5 rings (SSSR count). The number of nitrogens with two attached hydrogens (primary N) is 2. The second-order valence-corrected chi connectivity index (χ2v) is 12.4. The zero-order valence-electron chi connectivity index (χ0n) is 26.3. The molecule has 46 heavy (non-hydrogen) atoms. The van der Waals surface area contributed by atoms with Crippen LogP contribution in [0, 0.1) is 0 Å². The summed E-state index contributed by atoms with van der Waals surface area (Å²) in [4.78, 5) is 44.7. The molecule has 0 bridgehead atoms. The van der Waals surface area contributed by atoms with Crippen LogP contribution in [0.2, 0.25) is 5.02 Å². The Morgan fingerprint density at radius 2 is 1.70 bits per heavy atom. The predicted molar refractivity (Wildman–Crippen MR) is 178 cm³/mol. The van der Waals surface area contributed by atoms with Crippen LogP contribution in [0.4, 0.5) is 5.82 Å². The minimum atomic E-state index is -0.987. The van der Waals surface area contributed by atoms with Gasteiger partial charge in [-0.1, -0.05) is 23.7 Å². The number of ether oxygens (including phenoxy) is 2. The summed E-state index contributed by atoms with van der Waals surface area (Å²) in [6.07, 6.45) is 5.48. The van der Waals surface area contributed by atoms with Gasteiger partial charge in [-0.2, -0.15) is 0 Å². The fourth-order valence-electron chi connectivity index (χ4n) is 6.03. The highest BCUT2D eigenvalue weighted by Crippen LogP contribution is 2.29. The Labute approximate surface area is 274 Å². The molecule has 0 saturated carbocycles. The maximum absolute atomic E-state index is 13.7. The van der Waals surface area contributed by atoms with Crippen LogP contribution in [0.3, 0.4) is 0 Å². The molecule has 0 spiro atoms. The quantitative estimate of drug-likeness (QED) is 0.177. The Morgan fingerprint density at radius 3 is 2.41 bits per heavy atom. The summed E-state index contributed by atoms with van der Waals surface area (Å²) in [5.41, 5.74) is 13.0. The lowest BCUT2D eigenvalue weighted by molar-refractivity contribution is -0.134. The van der Waals surface area contributed by atoms with Crippen molar-refractivity contribution in [3.8, 4) is 0 Å². The monoisotopic (exact) mass is 655 g/mol. The molecule has 2 aliphatic heterocycles. The van der Waals surface area contributed by atoms with E-state index in [0.717, 1.165) is 42.0 Å². The molecule has 0 unspecified atom stereocenters. The van der Waals surface area contributed by atoms with Gasteiger partial charge in [-0.3, -0.25) is 14.5 Å². The van der Waals surface area contributed by atoms with Gasteiger partial charge in [0.2, 0.25) is 11.8 Å². The Kier molecular flexibility index (Phi) is 12.2. The number of fused-ring (bicyclic) bond motifs is 1. The fraction of sp³-hybridized carbons (Fsp3) is 0.562. The van der Waals surface area contributed by atoms with Crippen molar-refractivity contribution < 1.29 is 19.1 Å². The molecule has 6 N–H and O–H groups in total. The molecule has 2 fully saturated rings. The zero-order chi connectivity index (χ0) is 32.4. The third kappa shape index (κ3) is 8.93. The van der Waals surface area contributed by atoms with Gasteiger partial charge in [-0.05, 0) is 43.0 Å². The third-order valence-electron chi connectivity index (χ3n) is 8.87. The average Bonchev–Trinajstić information content (AvgIpc) is 3.57. The molecule has 0 radical (unpaired) electrons. The predicted octanol–water partition coefficient (Wildman–Crippen LogP) is 1.68. The van der Waals surface area contributed by atoms with Crippen molar-refractivity contribution in [2.75, 3.05) is 83.7 Å². The van der Waals surface area contributed by atoms with Gasteiger partial charge in [-0.15, -0.1) is 0 Å². The molecule has 14 heteroatoms. The van der Waals surface area contributed by atoms with Crippen molar-refractivity contribution in [2.45, 2.75) is 37.3 Å². The number of hydrogen-bond donors (Lipinski definition) is 4. The first-order valence-corrected chi connectivity index (χ1v) is 16.5. The molecule has 1 atom stereocenters. The fourth-order valence-corrected chi connectivity index (χ4v) is 6.16. The highest BCUT2D eigenvalue weighted by Gasteiger charge is 2.39. The Balaban J connectivity index is 1.10. The number of benzene rings is 1. The number of carbonyl (C=O) groups is 2. The van der Waals surface area contributed by atoms with Gasteiger partial charge in [0.15, 0.2) is 0 Å². The summed E-state index contributed by atoms with van der Waals surface area (Å²) in [7, 11) is 0. The number of halogens is 1. The van der Waals surface area contributed by atoms with E-state index in [1.54, 1.807) is 6.33 Å². The number of amides is 2. The lowest BCUT2D eigenvalue weighted by Crippen LogP contribution is -2.60. The number of hydrogen-bond acceptors (Lipinski definition) is 10. The summed E-state index contributed by atoms with van der Waals surface area (Å²) in [5.74, 6) is 0.808. The topological polar surface area (TPSA) is 168 Å². The van der Waals surface area contributed by atoms with Crippen LogP contribution in [0.25, 0.3) is 11.0 Å². The summed E-state index contributed by atoms with van der Waals surface area (Å²) in [6.45, 7) is 7.19. The Bertz CT molecular complexity index is 1410. The van der Waals surface area contributed by atoms with Crippen molar-refractivity contribution in [1.29, 1.82) is 0 Å². The van der Waals surface area contributed by atoms with Crippen molar-refractivity contribution >= 4 is 40.3 Å². The normalized spacial score (nSPS) is 17.7.